The lowest BCUT2D eigenvalue weighted by Gasteiger charge is -2.38. The Morgan fingerprint density at radius 1 is 1.24 bits per heavy atom. The van der Waals surface area contributed by atoms with Gasteiger partial charge in [-0.1, -0.05) is 0 Å². The van der Waals surface area contributed by atoms with Gasteiger partial charge >= 0.3 is 0 Å². The van der Waals surface area contributed by atoms with Crippen LogP contribution in [0.3, 0.4) is 0 Å². The van der Waals surface area contributed by atoms with Crippen molar-refractivity contribution in [3.63, 3.8) is 0 Å². The Morgan fingerprint density at radius 2 is 1.92 bits per heavy atom. The maximum absolute atomic E-state index is 12.7. The van der Waals surface area contributed by atoms with E-state index in [1.54, 1.807) is 11.2 Å². The summed E-state index contributed by atoms with van der Waals surface area (Å²) in [6.07, 6.45) is 6.21. The molecule has 1 amide bonds. The lowest BCUT2D eigenvalue weighted by molar-refractivity contribution is -0.134. The number of carbonyl (C=O) groups excluding carboxylic acids is 1. The predicted octanol–water partition coefficient (Wildman–Crippen LogP) is 1.85. The number of nitrogens with zero attached hydrogens (tertiary/aromatic N) is 2. The van der Waals surface area contributed by atoms with Gasteiger partial charge in [-0.2, -0.15) is 0 Å². The van der Waals surface area contributed by atoms with Crippen molar-refractivity contribution in [2.24, 2.45) is 11.8 Å². The van der Waals surface area contributed by atoms with E-state index >= 15 is 0 Å². The smallest absolute Gasteiger partial charge is 0.222 e. The van der Waals surface area contributed by atoms with Crippen molar-refractivity contribution in [2.75, 3.05) is 25.9 Å². The molecule has 3 saturated heterocycles. The number of hydrogen-bond donors (Lipinski definition) is 0. The minimum Gasteiger partial charge on any atom is -0.375 e. The van der Waals surface area contributed by atoms with E-state index < -0.39 is 10.0 Å². The highest BCUT2D eigenvalue weighted by Gasteiger charge is 2.42. The first-order valence-electron chi connectivity index (χ1n) is 9.70. The van der Waals surface area contributed by atoms with E-state index in [9.17, 15) is 13.2 Å². The molecular weight excluding hydrogens is 340 g/mol. The van der Waals surface area contributed by atoms with Crippen molar-refractivity contribution in [3.8, 4) is 0 Å². The second-order valence-electron chi connectivity index (χ2n) is 7.96. The summed E-state index contributed by atoms with van der Waals surface area (Å²) in [6.45, 7) is 4.95. The molecule has 0 aromatic heterocycles. The van der Waals surface area contributed by atoms with Crippen molar-refractivity contribution in [1.82, 2.24) is 9.21 Å². The number of fused-ring (bicyclic) bond motifs is 2. The van der Waals surface area contributed by atoms with Crippen LogP contribution in [0.2, 0.25) is 0 Å². The molecule has 0 saturated carbocycles. The summed E-state index contributed by atoms with van der Waals surface area (Å²) in [7, 11) is -1.19. The van der Waals surface area contributed by atoms with E-state index in [-0.39, 0.29) is 17.7 Å². The lowest BCUT2D eigenvalue weighted by atomic mass is 9.86. The largest absolute Gasteiger partial charge is 0.375 e. The third kappa shape index (κ3) is 4.03. The van der Waals surface area contributed by atoms with Crippen LogP contribution in [0.1, 0.15) is 52.4 Å². The van der Waals surface area contributed by atoms with Crippen LogP contribution >= 0.6 is 0 Å². The van der Waals surface area contributed by atoms with Crippen LogP contribution in [0.25, 0.3) is 0 Å². The molecule has 25 heavy (non-hydrogen) atoms. The molecule has 3 aliphatic heterocycles. The average Bonchev–Trinajstić information content (AvgIpc) is 3.23. The molecular formula is C18H32N2O4S. The first-order valence-corrected chi connectivity index (χ1v) is 11.3. The molecule has 3 rings (SSSR count). The molecule has 0 aliphatic carbocycles. The number of carbonyl (C=O) groups is 1. The highest BCUT2D eigenvalue weighted by atomic mass is 32.2. The van der Waals surface area contributed by atoms with Crippen LogP contribution in [0, 0.1) is 11.8 Å². The van der Waals surface area contributed by atoms with Crippen molar-refractivity contribution >= 4 is 15.9 Å². The van der Waals surface area contributed by atoms with E-state index in [0.29, 0.717) is 43.6 Å². The Kier molecular flexibility index (Phi) is 5.75. The number of amides is 1. The Hall–Kier alpha value is -0.660. The van der Waals surface area contributed by atoms with Crippen molar-refractivity contribution in [3.05, 3.63) is 0 Å². The van der Waals surface area contributed by atoms with Crippen LogP contribution in [-0.2, 0) is 19.6 Å². The van der Waals surface area contributed by atoms with E-state index in [4.69, 9.17) is 4.74 Å². The quantitative estimate of drug-likeness (QED) is 0.714. The summed E-state index contributed by atoms with van der Waals surface area (Å²) >= 11 is 0. The van der Waals surface area contributed by atoms with E-state index in [0.717, 1.165) is 32.1 Å². The molecule has 0 spiro atoms. The molecule has 144 valence electrons. The second kappa shape index (κ2) is 7.53. The third-order valence-corrected chi connectivity index (χ3v) is 8.49. The minimum absolute atomic E-state index is 0.151. The van der Waals surface area contributed by atoms with Gasteiger partial charge in [0.15, 0.2) is 0 Å². The molecule has 3 aliphatic rings. The van der Waals surface area contributed by atoms with Gasteiger partial charge in [0, 0.05) is 32.6 Å². The molecule has 6 nitrogen and oxygen atoms in total. The van der Waals surface area contributed by atoms with Crippen LogP contribution in [0.5, 0.6) is 0 Å². The lowest BCUT2D eigenvalue weighted by Crippen LogP contribution is -2.46. The predicted molar refractivity (Wildman–Crippen MR) is 96.6 cm³/mol. The van der Waals surface area contributed by atoms with Gasteiger partial charge in [-0.15, -0.1) is 0 Å². The SMILES string of the molecule is CCS(=O)(=O)N1CCC(C(C)N(C)C(=O)CC2CC3CCC2O3)CC1. The minimum atomic E-state index is -3.09. The Labute approximate surface area is 151 Å². The maximum Gasteiger partial charge on any atom is 0.222 e. The molecule has 2 bridgehead atoms. The maximum atomic E-state index is 12.7. The number of piperidine rings is 1. The van der Waals surface area contributed by atoms with Crippen molar-refractivity contribution in [2.45, 2.75) is 70.6 Å². The Morgan fingerprint density at radius 3 is 2.44 bits per heavy atom. The molecule has 4 atom stereocenters. The Bertz CT molecular complexity index is 586. The fraction of sp³-hybridized carbons (Fsp3) is 0.944. The first kappa shape index (κ1) is 19.1. The fourth-order valence-electron chi connectivity index (χ4n) is 4.69. The molecule has 0 radical (unpaired) electrons. The van der Waals surface area contributed by atoms with Gasteiger partial charge in [-0.25, -0.2) is 12.7 Å². The van der Waals surface area contributed by atoms with Gasteiger partial charge in [0.05, 0.1) is 18.0 Å². The van der Waals surface area contributed by atoms with Crippen molar-refractivity contribution in [1.29, 1.82) is 0 Å². The van der Waals surface area contributed by atoms with Gasteiger partial charge in [-0.05, 0) is 57.8 Å². The van der Waals surface area contributed by atoms with E-state index in [2.05, 4.69) is 6.92 Å². The fourth-order valence-corrected chi connectivity index (χ4v) is 5.82. The summed E-state index contributed by atoms with van der Waals surface area (Å²) in [5.74, 6) is 1.13. The van der Waals surface area contributed by atoms with Gasteiger partial charge in [0.1, 0.15) is 0 Å². The van der Waals surface area contributed by atoms with Crippen molar-refractivity contribution < 1.29 is 17.9 Å². The molecule has 3 heterocycles. The van der Waals surface area contributed by atoms with Gasteiger partial charge in [0.25, 0.3) is 0 Å². The summed E-state index contributed by atoms with van der Waals surface area (Å²) in [4.78, 5) is 14.6. The summed E-state index contributed by atoms with van der Waals surface area (Å²) in [6, 6.07) is 0.151. The number of ether oxygens (including phenoxy) is 1. The third-order valence-electron chi connectivity index (χ3n) is 6.61. The number of hydrogen-bond acceptors (Lipinski definition) is 4. The van der Waals surface area contributed by atoms with Crippen LogP contribution in [0.4, 0.5) is 0 Å². The molecule has 0 aromatic rings. The molecule has 0 aromatic carbocycles. The van der Waals surface area contributed by atoms with Crippen LogP contribution < -0.4 is 0 Å². The standard InChI is InChI=1S/C18H32N2O4S/c1-4-25(22,23)20-9-7-14(8-10-20)13(2)19(3)18(21)12-15-11-16-5-6-17(15)24-16/h13-17H,4-12H2,1-3H3. The highest BCUT2D eigenvalue weighted by molar-refractivity contribution is 7.89. The molecule has 3 fully saturated rings. The van der Waals surface area contributed by atoms with Gasteiger partial charge < -0.3 is 9.64 Å². The molecule has 0 N–H and O–H groups in total. The van der Waals surface area contributed by atoms with Gasteiger partial charge in [0.2, 0.25) is 15.9 Å². The normalized spacial score (nSPS) is 32.0. The Balaban J connectivity index is 1.49. The number of rotatable bonds is 6. The zero-order valence-electron chi connectivity index (χ0n) is 15.7. The summed E-state index contributed by atoms with van der Waals surface area (Å²) < 4.78 is 31.4. The average molecular weight is 373 g/mol. The number of sulfonamides is 1. The molecule has 4 unspecified atom stereocenters. The molecule has 7 heteroatoms. The highest BCUT2D eigenvalue weighted by Crippen LogP contribution is 2.40. The van der Waals surface area contributed by atoms with Gasteiger partial charge in [-0.3, -0.25) is 4.79 Å². The zero-order chi connectivity index (χ0) is 18.2. The van der Waals surface area contributed by atoms with Crippen LogP contribution in [-0.4, -0.2) is 67.7 Å². The summed E-state index contributed by atoms with van der Waals surface area (Å²) in [5, 5.41) is 0. The van der Waals surface area contributed by atoms with E-state index in [1.165, 1.54) is 0 Å². The summed E-state index contributed by atoms with van der Waals surface area (Å²) in [5.41, 5.74) is 0. The topological polar surface area (TPSA) is 66.9 Å². The zero-order valence-corrected chi connectivity index (χ0v) is 16.5. The van der Waals surface area contributed by atoms with E-state index in [1.807, 2.05) is 11.9 Å². The second-order valence-corrected chi connectivity index (χ2v) is 10.2. The van der Waals surface area contributed by atoms with Crippen LogP contribution in [0.15, 0.2) is 0 Å². The monoisotopic (exact) mass is 372 g/mol. The first-order chi connectivity index (χ1) is 11.8.